The molecular formula is C46H30N2. The molecule has 0 aliphatic rings. The first-order chi connectivity index (χ1) is 23.8. The maximum atomic E-state index is 2.46. The van der Waals surface area contributed by atoms with Crippen molar-refractivity contribution in [3.8, 4) is 33.6 Å². The summed E-state index contributed by atoms with van der Waals surface area (Å²) in [5.74, 6) is 0. The largest absolute Gasteiger partial charge is 0.309 e. The maximum Gasteiger partial charge on any atom is 0.0641 e. The molecule has 2 heterocycles. The third kappa shape index (κ3) is 4.06. The summed E-state index contributed by atoms with van der Waals surface area (Å²) in [5.41, 5.74) is 12.1. The van der Waals surface area contributed by atoms with E-state index in [9.17, 15) is 0 Å². The lowest BCUT2D eigenvalue weighted by Crippen LogP contribution is -1.95. The van der Waals surface area contributed by atoms with Crippen LogP contribution in [0.25, 0.3) is 88.0 Å². The molecule has 224 valence electrons. The predicted octanol–water partition coefficient (Wildman–Crippen LogP) is 12.4. The van der Waals surface area contributed by atoms with Gasteiger partial charge in [-0.1, -0.05) is 133 Å². The zero-order chi connectivity index (χ0) is 31.6. The SMILES string of the molecule is c1ccc(-c2ccc(-n3c4ccccc4c4ccc5c(c6ccccc6n5-c5ccc6cc(-c7ccccc7)ccc6c5)c43)cc2)cc1. The fourth-order valence-corrected chi connectivity index (χ4v) is 7.67. The summed E-state index contributed by atoms with van der Waals surface area (Å²) in [6.07, 6.45) is 0. The fourth-order valence-electron chi connectivity index (χ4n) is 7.67. The third-order valence-electron chi connectivity index (χ3n) is 9.89. The van der Waals surface area contributed by atoms with Crippen LogP contribution in [-0.2, 0) is 0 Å². The summed E-state index contributed by atoms with van der Waals surface area (Å²) in [5, 5.41) is 7.51. The average molecular weight is 611 g/mol. The molecular weight excluding hydrogens is 581 g/mol. The van der Waals surface area contributed by atoms with Gasteiger partial charge in [0.05, 0.1) is 22.1 Å². The van der Waals surface area contributed by atoms with Gasteiger partial charge in [-0.15, -0.1) is 0 Å². The van der Waals surface area contributed by atoms with Gasteiger partial charge in [-0.2, -0.15) is 0 Å². The Balaban J connectivity index is 1.22. The number of para-hydroxylation sites is 2. The second kappa shape index (κ2) is 10.6. The predicted molar refractivity (Wildman–Crippen MR) is 203 cm³/mol. The quantitative estimate of drug-likeness (QED) is 0.188. The second-order valence-electron chi connectivity index (χ2n) is 12.6. The fraction of sp³-hybridized carbons (Fsp3) is 0. The Morgan fingerprint density at radius 2 is 0.833 bits per heavy atom. The van der Waals surface area contributed by atoms with Crippen molar-refractivity contribution >= 4 is 54.4 Å². The van der Waals surface area contributed by atoms with E-state index in [-0.39, 0.29) is 0 Å². The number of rotatable bonds is 4. The minimum absolute atomic E-state index is 1.16. The maximum absolute atomic E-state index is 2.46. The molecule has 0 radical (unpaired) electrons. The monoisotopic (exact) mass is 610 g/mol. The van der Waals surface area contributed by atoms with Crippen LogP contribution in [0, 0.1) is 0 Å². The van der Waals surface area contributed by atoms with Crippen LogP contribution in [0.3, 0.4) is 0 Å². The van der Waals surface area contributed by atoms with E-state index in [4.69, 9.17) is 0 Å². The Morgan fingerprint density at radius 3 is 1.58 bits per heavy atom. The Morgan fingerprint density at radius 1 is 0.292 bits per heavy atom. The molecule has 0 saturated carbocycles. The van der Waals surface area contributed by atoms with Gasteiger partial charge in [0.2, 0.25) is 0 Å². The van der Waals surface area contributed by atoms with Crippen LogP contribution < -0.4 is 0 Å². The molecule has 0 saturated heterocycles. The first-order valence-corrected chi connectivity index (χ1v) is 16.5. The molecule has 10 rings (SSSR count). The first-order valence-electron chi connectivity index (χ1n) is 16.5. The molecule has 8 aromatic carbocycles. The number of hydrogen-bond donors (Lipinski definition) is 0. The minimum atomic E-state index is 1.16. The standard InChI is InChI=1S/C46H30N2/c1-3-11-31(12-4-1)33-21-24-37(25-22-33)48-42-17-9-7-15-39(42)40-27-28-44-45(46(40)48)41-16-8-10-18-43(41)47(44)38-26-23-35-29-34(19-20-36(35)30-38)32-13-5-2-6-14-32/h1-30H. The molecule has 0 atom stereocenters. The van der Waals surface area contributed by atoms with E-state index >= 15 is 0 Å². The lowest BCUT2D eigenvalue weighted by molar-refractivity contribution is 1.18. The average Bonchev–Trinajstić information content (AvgIpc) is 3.68. The Bertz CT molecular complexity index is 2800. The summed E-state index contributed by atoms with van der Waals surface area (Å²) in [7, 11) is 0. The smallest absolute Gasteiger partial charge is 0.0641 e. The molecule has 10 aromatic rings. The summed E-state index contributed by atoms with van der Waals surface area (Å²) in [6.45, 7) is 0. The van der Waals surface area contributed by atoms with E-state index < -0.39 is 0 Å². The van der Waals surface area contributed by atoms with Gasteiger partial charge in [-0.05, 0) is 81.6 Å². The van der Waals surface area contributed by atoms with Gasteiger partial charge in [-0.3, -0.25) is 0 Å². The van der Waals surface area contributed by atoms with E-state index in [1.165, 1.54) is 76.6 Å². The molecule has 0 amide bonds. The number of fused-ring (bicyclic) bond motifs is 8. The van der Waals surface area contributed by atoms with Crippen molar-refractivity contribution in [2.24, 2.45) is 0 Å². The van der Waals surface area contributed by atoms with Crippen LogP contribution in [0.15, 0.2) is 182 Å². The molecule has 0 aliphatic heterocycles. The van der Waals surface area contributed by atoms with Crippen LogP contribution in [0.1, 0.15) is 0 Å². The van der Waals surface area contributed by atoms with Gasteiger partial charge in [-0.25, -0.2) is 0 Å². The topological polar surface area (TPSA) is 9.86 Å². The Hall–Kier alpha value is -6.38. The zero-order valence-corrected chi connectivity index (χ0v) is 26.2. The molecule has 0 unspecified atom stereocenters. The second-order valence-corrected chi connectivity index (χ2v) is 12.6. The van der Waals surface area contributed by atoms with Crippen molar-refractivity contribution in [3.63, 3.8) is 0 Å². The van der Waals surface area contributed by atoms with E-state index in [0.29, 0.717) is 0 Å². The molecule has 0 bridgehead atoms. The van der Waals surface area contributed by atoms with Gasteiger partial charge in [0.1, 0.15) is 0 Å². The Labute approximate surface area is 278 Å². The number of nitrogens with zero attached hydrogens (tertiary/aromatic N) is 2. The van der Waals surface area contributed by atoms with Crippen LogP contribution in [0.5, 0.6) is 0 Å². The molecule has 0 aliphatic carbocycles. The highest BCUT2D eigenvalue weighted by Crippen LogP contribution is 2.42. The van der Waals surface area contributed by atoms with Crippen LogP contribution in [-0.4, -0.2) is 9.13 Å². The van der Waals surface area contributed by atoms with Crippen molar-refractivity contribution in [3.05, 3.63) is 182 Å². The Kier molecular flexibility index (Phi) is 5.91. The van der Waals surface area contributed by atoms with Crippen LogP contribution in [0.2, 0.25) is 0 Å². The van der Waals surface area contributed by atoms with Gasteiger partial charge >= 0.3 is 0 Å². The summed E-state index contributed by atoms with van der Waals surface area (Å²) < 4.78 is 4.90. The molecule has 0 spiro atoms. The number of hydrogen-bond acceptors (Lipinski definition) is 0. The van der Waals surface area contributed by atoms with Gasteiger partial charge < -0.3 is 9.13 Å². The minimum Gasteiger partial charge on any atom is -0.309 e. The number of benzene rings is 8. The summed E-state index contributed by atoms with van der Waals surface area (Å²) in [4.78, 5) is 0. The normalized spacial score (nSPS) is 11.8. The highest BCUT2D eigenvalue weighted by Gasteiger charge is 2.20. The molecule has 2 heteroatoms. The molecule has 48 heavy (non-hydrogen) atoms. The highest BCUT2D eigenvalue weighted by atomic mass is 15.0. The third-order valence-corrected chi connectivity index (χ3v) is 9.89. The lowest BCUT2D eigenvalue weighted by Gasteiger charge is -2.12. The van der Waals surface area contributed by atoms with Crippen molar-refractivity contribution < 1.29 is 0 Å². The summed E-state index contributed by atoms with van der Waals surface area (Å²) in [6, 6.07) is 66.2. The molecule has 0 fully saturated rings. The van der Waals surface area contributed by atoms with Gasteiger partial charge in [0, 0.05) is 32.9 Å². The van der Waals surface area contributed by atoms with Gasteiger partial charge in [0.25, 0.3) is 0 Å². The van der Waals surface area contributed by atoms with E-state index in [0.717, 1.165) is 11.4 Å². The molecule has 0 N–H and O–H groups in total. The van der Waals surface area contributed by atoms with Gasteiger partial charge in [0.15, 0.2) is 0 Å². The van der Waals surface area contributed by atoms with Crippen molar-refractivity contribution in [1.29, 1.82) is 0 Å². The van der Waals surface area contributed by atoms with Crippen LogP contribution in [0.4, 0.5) is 0 Å². The van der Waals surface area contributed by atoms with E-state index in [1.54, 1.807) is 0 Å². The van der Waals surface area contributed by atoms with Crippen LogP contribution >= 0.6 is 0 Å². The van der Waals surface area contributed by atoms with E-state index in [2.05, 4.69) is 191 Å². The van der Waals surface area contributed by atoms with Crippen molar-refractivity contribution in [1.82, 2.24) is 9.13 Å². The number of aromatic nitrogens is 2. The highest BCUT2D eigenvalue weighted by molar-refractivity contribution is 6.26. The molecule has 2 aromatic heterocycles. The first kappa shape index (κ1) is 26.8. The molecule has 2 nitrogen and oxygen atoms in total. The van der Waals surface area contributed by atoms with Crippen molar-refractivity contribution in [2.45, 2.75) is 0 Å². The zero-order valence-electron chi connectivity index (χ0n) is 26.2. The van der Waals surface area contributed by atoms with E-state index in [1.807, 2.05) is 0 Å². The lowest BCUT2D eigenvalue weighted by atomic mass is 10.0. The van der Waals surface area contributed by atoms with Crippen molar-refractivity contribution in [2.75, 3.05) is 0 Å². The summed E-state index contributed by atoms with van der Waals surface area (Å²) >= 11 is 0.